The number of pyridine rings is 1. The van der Waals surface area contributed by atoms with E-state index in [-0.39, 0.29) is 17.9 Å². The summed E-state index contributed by atoms with van der Waals surface area (Å²) >= 11 is 0. The molecule has 1 N–H and O–H groups in total. The second kappa shape index (κ2) is 7.94. The summed E-state index contributed by atoms with van der Waals surface area (Å²) in [5, 5.41) is 12.3. The summed E-state index contributed by atoms with van der Waals surface area (Å²) in [6.45, 7) is 11.9. The highest BCUT2D eigenvalue weighted by atomic mass is 16.5. The summed E-state index contributed by atoms with van der Waals surface area (Å²) in [4.78, 5) is 22.4. The van der Waals surface area contributed by atoms with E-state index in [0.717, 1.165) is 16.6 Å². The number of carbonyl (C=O) groups is 1. The number of nitrogens with zero attached hydrogens (tertiary/aromatic N) is 5. The van der Waals surface area contributed by atoms with Gasteiger partial charge in [0, 0.05) is 17.3 Å². The molecule has 0 aliphatic carbocycles. The fourth-order valence-electron chi connectivity index (χ4n) is 3.45. The second-order valence-electron chi connectivity index (χ2n) is 8.28. The van der Waals surface area contributed by atoms with Crippen molar-refractivity contribution in [2.24, 2.45) is 0 Å². The molecule has 0 atom stereocenters. The minimum atomic E-state index is -0.247. The van der Waals surface area contributed by atoms with Crippen molar-refractivity contribution in [3.63, 3.8) is 0 Å². The van der Waals surface area contributed by atoms with Crippen LogP contribution in [0.15, 0.2) is 35.0 Å². The number of anilines is 1. The molecule has 4 aromatic rings. The molecule has 3 aromatic heterocycles. The van der Waals surface area contributed by atoms with Crippen LogP contribution in [0.1, 0.15) is 67.1 Å². The Morgan fingerprint density at radius 2 is 1.90 bits per heavy atom. The molecular formula is C23H26N6O2. The van der Waals surface area contributed by atoms with E-state index < -0.39 is 0 Å². The van der Waals surface area contributed by atoms with Gasteiger partial charge in [0.2, 0.25) is 0 Å². The van der Waals surface area contributed by atoms with Crippen LogP contribution in [0.2, 0.25) is 0 Å². The second-order valence-corrected chi connectivity index (χ2v) is 8.28. The number of fused-ring (bicyclic) bond motifs is 1. The van der Waals surface area contributed by atoms with E-state index in [1.54, 1.807) is 6.20 Å². The molecule has 0 fully saturated rings. The molecule has 0 bridgehead atoms. The first-order valence-corrected chi connectivity index (χ1v) is 10.4. The normalized spacial score (nSPS) is 11.6. The zero-order chi connectivity index (χ0) is 22.3. The van der Waals surface area contributed by atoms with E-state index in [1.165, 1.54) is 0 Å². The number of carbonyl (C=O) groups excluding carboxylic acids is 1. The molecule has 1 amide bonds. The number of aryl methyl sites for hydroxylation is 2. The lowest BCUT2D eigenvalue weighted by molar-refractivity contribution is 0.102. The molecule has 0 unspecified atom stereocenters. The number of benzene rings is 1. The van der Waals surface area contributed by atoms with Crippen LogP contribution in [0.25, 0.3) is 22.5 Å². The first-order valence-electron chi connectivity index (χ1n) is 10.4. The number of hydrogen-bond donors (Lipinski definition) is 1. The number of aromatic nitrogens is 5. The fraction of sp³-hybridized carbons (Fsp3) is 0.348. The standard InChI is InChI=1S/C23H26N6O2/c1-12(2)20-27-23(31-28-20)17-9-7-8-14(5)19(17)26-22(30)18-10-16-11-24-29(13(3)4)21(16)25-15(18)6/h7-13H,1-6H3,(H,26,30). The molecule has 160 valence electrons. The Bertz CT molecular complexity index is 1270. The smallest absolute Gasteiger partial charge is 0.260 e. The van der Waals surface area contributed by atoms with Crippen LogP contribution < -0.4 is 5.32 Å². The quantitative estimate of drug-likeness (QED) is 0.487. The first-order chi connectivity index (χ1) is 14.8. The van der Waals surface area contributed by atoms with Gasteiger partial charge in [0.1, 0.15) is 0 Å². The third-order valence-corrected chi connectivity index (χ3v) is 5.19. The number of hydrogen-bond acceptors (Lipinski definition) is 6. The van der Waals surface area contributed by atoms with Gasteiger partial charge in [0.25, 0.3) is 11.8 Å². The minimum absolute atomic E-state index is 0.146. The summed E-state index contributed by atoms with van der Waals surface area (Å²) in [7, 11) is 0. The molecule has 31 heavy (non-hydrogen) atoms. The van der Waals surface area contributed by atoms with Crippen molar-refractivity contribution >= 4 is 22.6 Å². The van der Waals surface area contributed by atoms with Gasteiger partial charge < -0.3 is 9.84 Å². The van der Waals surface area contributed by atoms with Crippen molar-refractivity contribution in [2.75, 3.05) is 5.32 Å². The molecule has 0 spiro atoms. The van der Waals surface area contributed by atoms with E-state index in [9.17, 15) is 4.79 Å². The molecule has 0 aliphatic rings. The Balaban J connectivity index is 1.71. The molecule has 0 saturated heterocycles. The van der Waals surface area contributed by atoms with Crippen LogP contribution in [0.5, 0.6) is 0 Å². The molecular weight excluding hydrogens is 392 g/mol. The molecule has 1 aromatic carbocycles. The lowest BCUT2D eigenvalue weighted by Gasteiger charge is -2.13. The molecule has 0 radical (unpaired) electrons. The maximum atomic E-state index is 13.2. The topological polar surface area (TPSA) is 98.7 Å². The maximum absolute atomic E-state index is 13.2. The number of amides is 1. The third kappa shape index (κ3) is 3.81. The van der Waals surface area contributed by atoms with Gasteiger partial charge in [-0.3, -0.25) is 4.79 Å². The Kier molecular flexibility index (Phi) is 5.31. The van der Waals surface area contributed by atoms with Gasteiger partial charge in [-0.2, -0.15) is 10.1 Å². The lowest BCUT2D eigenvalue weighted by atomic mass is 10.1. The summed E-state index contributed by atoms with van der Waals surface area (Å²) in [5.74, 6) is 0.906. The average molecular weight is 419 g/mol. The summed E-state index contributed by atoms with van der Waals surface area (Å²) < 4.78 is 7.32. The van der Waals surface area contributed by atoms with E-state index in [4.69, 9.17) is 4.52 Å². The van der Waals surface area contributed by atoms with Gasteiger partial charge in [-0.15, -0.1) is 0 Å². The van der Waals surface area contributed by atoms with Crippen LogP contribution in [-0.2, 0) is 0 Å². The van der Waals surface area contributed by atoms with Gasteiger partial charge >= 0.3 is 0 Å². The van der Waals surface area contributed by atoms with E-state index in [1.807, 2.05) is 70.5 Å². The Morgan fingerprint density at radius 3 is 2.58 bits per heavy atom. The lowest BCUT2D eigenvalue weighted by Crippen LogP contribution is -2.16. The van der Waals surface area contributed by atoms with E-state index in [2.05, 4.69) is 25.5 Å². The largest absolute Gasteiger partial charge is 0.334 e. The van der Waals surface area contributed by atoms with Crippen LogP contribution in [0.4, 0.5) is 5.69 Å². The van der Waals surface area contributed by atoms with Crippen LogP contribution in [0.3, 0.4) is 0 Å². The molecule has 0 aliphatic heterocycles. The highest BCUT2D eigenvalue weighted by molar-refractivity contribution is 6.08. The van der Waals surface area contributed by atoms with E-state index >= 15 is 0 Å². The van der Waals surface area contributed by atoms with Gasteiger partial charge in [0.05, 0.1) is 28.7 Å². The van der Waals surface area contributed by atoms with Crippen molar-refractivity contribution in [1.82, 2.24) is 24.9 Å². The zero-order valence-electron chi connectivity index (χ0n) is 18.6. The SMILES string of the molecule is Cc1cccc(-c2nc(C(C)C)no2)c1NC(=O)c1cc2cnn(C(C)C)c2nc1C. The summed E-state index contributed by atoms with van der Waals surface area (Å²) in [6.07, 6.45) is 1.74. The Hall–Kier alpha value is -3.55. The molecule has 8 heteroatoms. The predicted octanol–water partition coefficient (Wildman–Crippen LogP) is 5.05. The van der Waals surface area contributed by atoms with Crippen LogP contribution >= 0.6 is 0 Å². The van der Waals surface area contributed by atoms with Gasteiger partial charge in [-0.25, -0.2) is 9.67 Å². The van der Waals surface area contributed by atoms with Crippen LogP contribution in [0, 0.1) is 13.8 Å². The fourth-order valence-corrected chi connectivity index (χ4v) is 3.45. The van der Waals surface area contributed by atoms with Crippen molar-refractivity contribution in [3.8, 4) is 11.5 Å². The average Bonchev–Trinajstić information content (AvgIpc) is 3.36. The van der Waals surface area contributed by atoms with Crippen LogP contribution in [-0.4, -0.2) is 30.8 Å². The molecule has 8 nitrogen and oxygen atoms in total. The Morgan fingerprint density at radius 1 is 1.13 bits per heavy atom. The first kappa shape index (κ1) is 20.7. The summed E-state index contributed by atoms with van der Waals surface area (Å²) in [6, 6.07) is 7.71. The van der Waals surface area contributed by atoms with Gasteiger partial charge in [0.15, 0.2) is 11.5 Å². The number of rotatable bonds is 5. The third-order valence-electron chi connectivity index (χ3n) is 5.19. The monoisotopic (exact) mass is 418 g/mol. The van der Waals surface area contributed by atoms with Gasteiger partial charge in [-0.05, 0) is 45.4 Å². The molecule has 0 saturated carbocycles. The van der Waals surface area contributed by atoms with Crippen molar-refractivity contribution in [2.45, 2.75) is 53.5 Å². The zero-order valence-corrected chi connectivity index (χ0v) is 18.6. The number of para-hydroxylation sites is 1. The number of nitrogens with one attached hydrogen (secondary N) is 1. The van der Waals surface area contributed by atoms with Crippen molar-refractivity contribution in [1.29, 1.82) is 0 Å². The highest BCUT2D eigenvalue weighted by Gasteiger charge is 2.20. The highest BCUT2D eigenvalue weighted by Crippen LogP contribution is 2.31. The van der Waals surface area contributed by atoms with Gasteiger partial charge in [-0.1, -0.05) is 31.1 Å². The Labute approximate surface area is 180 Å². The predicted molar refractivity (Wildman–Crippen MR) is 119 cm³/mol. The van der Waals surface area contributed by atoms with E-state index in [0.29, 0.717) is 34.2 Å². The minimum Gasteiger partial charge on any atom is -0.334 e. The van der Waals surface area contributed by atoms with Crippen molar-refractivity contribution < 1.29 is 9.32 Å². The molecule has 4 rings (SSSR count). The maximum Gasteiger partial charge on any atom is 0.260 e. The van der Waals surface area contributed by atoms with Crippen molar-refractivity contribution in [3.05, 3.63) is 53.1 Å². The summed E-state index contributed by atoms with van der Waals surface area (Å²) in [5.41, 5.74) is 4.14. The molecule has 3 heterocycles.